The number of phenols is 1. The standard InChI is InChI=1S/C16H18N2O/c1-11(12-6-8-17-9-7-12)18-16-5-2-13-10-14(19)3-4-15(13)16/h3-4,6-11,16,18-19H,2,5H2,1H3. The smallest absolute Gasteiger partial charge is 0.115 e. The van der Waals surface area contributed by atoms with Crippen molar-refractivity contribution in [2.24, 2.45) is 0 Å². The van der Waals surface area contributed by atoms with Crippen molar-refractivity contribution in [2.75, 3.05) is 0 Å². The van der Waals surface area contributed by atoms with Crippen molar-refractivity contribution in [1.29, 1.82) is 0 Å². The Morgan fingerprint density at radius 2 is 2.05 bits per heavy atom. The lowest BCUT2D eigenvalue weighted by molar-refractivity contribution is 0.464. The minimum atomic E-state index is 0.299. The highest BCUT2D eigenvalue weighted by molar-refractivity contribution is 5.40. The number of aryl methyl sites for hydroxylation is 1. The number of benzene rings is 1. The molecule has 1 aromatic carbocycles. The number of fused-ring (bicyclic) bond motifs is 1. The summed E-state index contributed by atoms with van der Waals surface area (Å²) < 4.78 is 0. The van der Waals surface area contributed by atoms with Crippen LogP contribution < -0.4 is 5.32 Å². The number of hydrogen-bond donors (Lipinski definition) is 2. The number of aromatic hydroxyl groups is 1. The molecule has 2 unspecified atom stereocenters. The second-order valence-electron chi connectivity index (χ2n) is 5.14. The fourth-order valence-corrected chi connectivity index (χ4v) is 2.83. The van der Waals surface area contributed by atoms with Crippen molar-refractivity contribution in [3.05, 3.63) is 59.4 Å². The summed E-state index contributed by atoms with van der Waals surface area (Å²) in [6.45, 7) is 2.17. The van der Waals surface area contributed by atoms with E-state index in [2.05, 4.69) is 17.2 Å². The number of aromatic nitrogens is 1. The Bertz CT molecular complexity index is 568. The molecule has 0 amide bonds. The number of nitrogens with one attached hydrogen (secondary N) is 1. The zero-order chi connectivity index (χ0) is 13.2. The first-order valence-corrected chi connectivity index (χ1v) is 6.72. The Kier molecular flexibility index (Phi) is 3.22. The summed E-state index contributed by atoms with van der Waals surface area (Å²) in [6, 6.07) is 10.5. The van der Waals surface area contributed by atoms with Gasteiger partial charge in [0.05, 0.1) is 0 Å². The van der Waals surface area contributed by atoms with Gasteiger partial charge in [-0.1, -0.05) is 6.07 Å². The van der Waals surface area contributed by atoms with Gasteiger partial charge in [-0.15, -0.1) is 0 Å². The van der Waals surface area contributed by atoms with Crippen LogP contribution in [0.1, 0.15) is 42.1 Å². The van der Waals surface area contributed by atoms with Crippen LogP contribution in [0.2, 0.25) is 0 Å². The molecule has 0 radical (unpaired) electrons. The molecule has 0 aliphatic heterocycles. The third-order valence-electron chi connectivity index (χ3n) is 3.86. The maximum Gasteiger partial charge on any atom is 0.115 e. The van der Waals surface area contributed by atoms with Crippen molar-refractivity contribution < 1.29 is 5.11 Å². The van der Waals surface area contributed by atoms with Crippen molar-refractivity contribution in [2.45, 2.75) is 31.8 Å². The number of nitrogens with zero attached hydrogens (tertiary/aromatic N) is 1. The lowest BCUT2D eigenvalue weighted by atomic mass is 10.0. The molecule has 98 valence electrons. The SMILES string of the molecule is CC(NC1CCc2cc(O)ccc21)c1ccncc1. The van der Waals surface area contributed by atoms with E-state index < -0.39 is 0 Å². The summed E-state index contributed by atoms with van der Waals surface area (Å²) in [5.41, 5.74) is 3.83. The Balaban J connectivity index is 1.76. The van der Waals surface area contributed by atoms with E-state index >= 15 is 0 Å². The molecule has 0 spiro atoms. The van der Waals surface area contributed by atoms with Gasteiger partial charge < -0.3 is 10.4 Å². The van der Waals surface area contributed by atoms with E-state index in [0.717, 1.165) is 12.8 Å². The number of pyridine rings is 1. The highest BCUT2D eigenvalue weighted by Gasteiger charge is 2.24. The highest BCUT2D eigenvalue weighted by atomic mass is 16.3. The predicted octanol–water partition coefficient (Wildman–Crippen LogP) is 3.13. The van der Waals surface area contributed by atoms with Crippen LogP contribution in [-0.4, -0.2) is 10.1 Å². The van der Waals surface area contributed by atoms with Gasteiger partial charge in [-0.3, -0.25) is 4.98 Å². The topological polar surface area (TPSA) is 45.1 Å². The van der Waals surface area contributed by atoms with E-state index in [-0.39, 0.29) is 0 Å². The third kappa shape index (κ3) is 2.47. The van der Waals surface area contributed by atoms with Gasteiger partial charge >= 0.3 is 0 Å². The minimum absolute atomic E-state index is 0.299. The summed E-state index contributed by atoms with van der Waals surface area (Å²) in [7, 11) is 0. The van der Waals surface area contributed by atoms with E-state index in [1.54, 1.807) is 6.07 Å². The minimum Gasteiger partial charge on any atom is -0.508 e. The number of hydrogen-bond acceptors (Lipinski definition) is 3. The Morgan fingerprint density at radius 1 is 1.26 bits per heavy atom. The first-order valence-electron chi connectivity index (χ1n) is 6.72. The van der Waals surface area contributed by atoms with Crippen LogP contribution >= 0.6 is 0 Å². The molecule has 2 N–H and O–H groups in total. The summed E-state index contributed by atoms with van der Waals surface area (Å²) in [5.74, 6) is 0.363. The van der Waals surface area contributed by atoms with Crippen molar-refractivity contribution >= 4 is 0 Å². The fourth-order valence-electron chi connectivity index (χ4n) is 2.83. The van der Waals surface area contributed by atoms with Crippen LogP contribution in [-0.2, 0) is 6.42 Å². The van der Waals surface area contributed by atoms with Gasteiger partial charge in [0.25, 0.3) is 0 Å². The third-order valence-corrected chi connectivity index (χ3v) is 3.86. The zero-order valence-corrected chi connectivity index (χ0v) is 11.0. The second kappa shape index (κ2) is 5.02. The molecule has 3 rings (SSSR count). The van der Waals surface area contributed by atoms with E-state index in [1.807, 2.05) is 36.7 Å². The fraction of sp³-hybridized carbons (Fsp3) is 0.312. The van der Waals surface area contributed by atoms with Crippen LogP contribution in [0.4, 0.5) is 0 Å². The van der Waals surface area contributed by atoms with Crippen LogP contribution in [0.5, 0.6) is 5.75 Å². The van der Waals surface area contributed by atoms with Crippen LogP contribution in [0, 0.1) is 0 Å². The molecule has 1 aliphatic rings. The normalized spacial score (nSPS) is 19.1. The molecule has 0 bridgehead atoms. The van der Waals surface area contributed by atoms with E-state index in [4.69, 9.17) is 0 Å². The van der Waals surface area contributed by atoms with Gasteiger partial charge in [0.1, 0.15) is 5.75 Å². The molecule has 2 aromatic rings. The lowest BCUT2D eigenvalue weighted by Crippen LogP contribution is -2.22. The summed E-state index contributed by atoms with van der Waals surface area (Å²) >= 11 is 0. The molecule has 3 heteroatoms. The average Bonchev–Trinajstić information content (AvgIpc) is 2.82. The Hall–Kier alpha value is -1.87. The van der Waals surface area contributed by atoms with Gasteiger partial charge in [0.15, 0.2) is 0 Å². The Labute approximate surface area is 113 Å². The van der Waals surface area contributed by atoms with Gasteiger partial charge in [0, 0.05) is 24.5 Å². The zero-order valence-electron chi connectivity index (χ0n) is 11.0. The molecule has 0 saturated heterocycles. The molecule has 3 nitrogen and oxygen atoms in total. The van der Waals surface area contributed by atoms with Crippen LogP contribution in [0.3, 0.4) is 0 Å². The van der Waals surface area contributed by atoms with Crippen molar-refractivity contribution in [1.82, 2.24) is 10.3 Å². The van der Waals surface area contributed by atoms with Crippen LogP contribution in [0.25, 0.3) is 0 Å². The molecule has 0 fully saturated rings. The molecular formula is C16H18N2O. The molecule has 19 heavy (non-hydrogen) atoms. The largest absolute Gasteiger partial charge is 0.508 e. The maximum absolute atomic E-state index is 9.52. The first kappa shape index (κ1) is 12.2. The molecule has 1 aromatic heterocycles. The number of rotatable bonds is 3. The molecule has 1 aliphatic carbocycles. The summed E-state index contributed by atoms with van der Waals surface area (Å²) in [5, 5.41) is 13.2. The van der Waals surface area contributed by atoms with E-state index in [9.17, 15) is 5.11 Å². The van der Waals surface area contributed by atoms with Crippen LogP contribution in [0.15, 0.2) is 42.7 Å². The molecule has 0 saturated carbocycles. The van der Waals surface area contributed by atoms with E-state index in [0.29, 0.717) is 17.8 Å². The van der Waals surface area contributed by atoms with Crippen molar-refractivity contribution in [3.63, 3.8) is 0 Å². The van der Waals surface area contributed by atoms with Gasteiger partial charge in [-0.2, -0.15) is 0 Å². The van der Waals surface area contributed by atoms with E-state index in [1.165, 1.54) is 16.7 Å². The molecule has 2 atom stereocenters. The first-order chi connectivity index (χ1) is 9.24. The van der Waals surface area contributed by atoms with Gasteiger partial charge in [0.2, 0.25) is 0 Å². The van der Waals surface area contributed by atoms with Gasteiger partial charge in [-0.05, 0) is 60.7 Å². The average molecular weight is 254 g/mol. The monoisotopic (exact) mass is 254 g/mol. The predicted molar refractivity (Wildman–Crippen MR) is 75.0 cm³/mol. The number of phenolic OH excluding ortho intramolecular Hbond substituents is 1. The Morgan fingerprint density at radius 3 is 2.84 bits per heavy atom. The maximum atomic E-state index is 9.52. The lowest BCUT2D eigenvalue weighted by Gasteiger charge is -2.20. The highest BCUT2D eigenvalue weighted by Crippen LogP contribution is 2.34. The molecular weight excluding hydrogens is 236 g/mol. The van der Waals surface area contributed by atoms with Gasteiger partial charge in [-0.25, -0.2) is 0 Å². The molecule has 1 heterocycles. The summed E-state index contributed by atoms with van der Waals surface area (Å²) in [4.78, 5) is 4.05. The van der Waals surface area contributed by atoms with Crippen molar-refractivity contribution in [3.8, 4) is 5.75 Å². The summed E-state index contributed by atoms with van der Waals surface area (Å²) in [6.07, 6.45) is 5.78. The second-order valence-corrected chi connectivity index (χ2v) is 5.14. The quantitative estimate of drug-likeness (QED) is 0.884.